The molecule has 1 aromatic heterocycles. The van der Waals surface area contributed by atoms with Gasteiger partial charge >= 0.3 is 0 Å². The fourth-order valence-corrected chi connectivity index (χ4v) is 4.45. The largest absolute Gasteiger partial charge is 0.489 e. The Morgan fingerprint density at radius 2 is 1.88 bits per heavy atom. The molecule has 1 fully saturated rings. The Kier molecular flexibility index (Phi) is 6.37. The van der Waals surface area contributed by atoms with Gasteiger partial charge in [-0.15, -0.1) is 0 Å². The van der Waals surface area contributed by atoms with Crippen molar-refractivity contribution in [3.8, 4) is 5.75 Å². The molecule has 4 rings (SSSR count). The van der Waals surface area contributed by atoms with Gasteiger partial charge in [0.2, 0.25) is 5.91 Å². The molecule has 3 N–H and O–H groups in total. The van der Waals surface area contributed by atoms with E-state index in [0.29, 0.717) is 36.7 Å². The number of amides is 2. The molecule has 2 amide bonds. The second kappa shape index (κ2) is 9.36. The third-order valence-corrected chi connectivity index (χ3v) is 6.00. The highest BCUT2D eigenvalue weighted by molar-refractivity contribution is 5.95. The minimum absolute atomic E-state index is 0.248. The number of aromatic nitrogens is 1. The number of carbonyl (C=O) groups excluding carboxylic acids is 2. The zero-order valence-corrected chi connectivity index (χ0v) is 18.2. The molecule has 0 saturated heterocycles. The molecule has 0 spiro atoms. The van der Waals surface area contributed by atoms with Crippen LogP contribution in [0.2, 0.25) is 0 Å². The fourth-order valence-electron chi connectivity index (χ4n) is 4.45. The summed E-state index contributed by atoms with van der Waals surface area (Å²) in [6.45, 7) is 4.39. The van der Waals surface area contributed by atoms with Gasteiger partial charge in [-0.1, -0.05) is 25.1 Å². The number of hydroxylamine groups is 1. The quantitative estimate of drug-likeness (QED) is 0.406. The van der Waals surface area contributed by atoms with Crippen molar-refractivity contribution in [3.05, 3.63) is 71.4 Å². The molecular formula is C25H27N3O4. The van der Waals surface area contributed by atoms with Gasteiger partial charge in [0.15, 0.2) is 0 Å². The van der Waals surface area contributed by atoms with E-state index in [9.17, 15) is 9.59 Å². The molecule has 1 heterocycles. The lowest BCUT2D eigenvalue weighted by Crippen LogP contribution is -2.43. The number of aryl methyl sites for hydroxylation is 1. The zero-order chi connectivity index (χ0) is 22.7. The Labute approximate surface area is 186 Å². The van der Waals surface area contributed by atoms with Crippen molar-refractivity contribution in [1.82, 2.24) is 15.8 Å². The predicted octanol–water partition coefficient (Wildman–Crippen LogP) is 3.77. The van der Waals surface area contributed by atoms with Gasteiger partial charge in [-0.25, -0.2) is 5.48 Å². The number of hydrogen-bond acceptors (Lipinski definition) is 5. The molecule has 1 aliphatic rings. The van der Waals surface area contributed by atoms with Crippen LogP contribution < -0.4 is 15.5 Å². The molecule has 32 heavy (non-hydrogen) atoms. The van der Waals surface area contributed by atoms with Crippen LogP contribution in [0.1, 0.15) is 41.4 Å². The van der Waals surface area contributed by atoms with Crippen LogP contribution in [0.3, 0.4) is 0 Å². The van der Waals surface area contributed by atoms with E-state index >= 15 is 0 Å². The summed E-state index contributed by atoms with van der Waals surface area (Å²) in [5.41, 5.74) is 5.13. The van der Waals surface area contributed by atoms with Crippen LogP contribution in [0.15, 0.2) is 54.6 Å². The van der Waals surface area contributed by atoms with Gasteiger partial charge in [-0.2, -0.15) is 0 Å². The zero-order valence-electron chi connectivity index (χ0n) is 18.2. The van der Waals surface area contributed by atoms with Gasteiger partial charge in [-0.3, -0.25) is 19.8 Å². The minimum Gasteiger partial charge on any atom is -0.489 e. The normalized spacial score (nSPS) is 20.2. The topological polar surface area (TPSA) is 101 Å². The van der Waals surface area contributed by atoms with E-state index in [-0.39, 0.29) is 11.9 Å². The summed E-state index contributed by atoms with van der Waals surface area (Å²) >= 11 is 0. The number of nitrogens with zero attached hydrogens (tertiary/aromatic N) is 1. The van der Waals surface area contributed by atoms with Crippen LogP contribution in [0.5, 0.6) is 5.75 Å². The molecule has 1 saturated carbocycles. The summed E-state index contributed by atoms with van der Waals surface area (Å²) in [5.74, 6) is -0.178. The number of pyridine rings is 1. The number of para-hydroxylation sites is 1. The van der Waals surface area contributed by atoms with E-state index < -0.39 is 11.8 Å². The molecule has 166 valence electrons. The highest BCUT2D eigenvalue weighted by atomic mass is 16.5. The van der Waals surface area contributed by atoms with Crippen LogP contribution in [0.25, 0.3) is 10.9 Å². The Balaban J connectivity index is 1.40. The van der Waals surface area contributed by atoms with Gasteiger partial charge in [0.25, 0.3) is 5.91 Å². The smallest absolute Gasteiger partial charge is 0.251 e. The number of nitrogens with one attached hydrogen (secondary N) is 2. The number of rotatable bonds is 6. The van der Waals surface area contributed by atoms with Crippen LogP contribution in [-0.4, -0.2) is 28.0 Å². The summed E-state index contributed by atoms with van der Waals surface area (Å²) in [4.78, 5) is 29.1. The molecular weight excluding hydrogens is 406 g/mol. The van der Waals surface area contributed by atoms with Gasteiger partial charge in [0.1, 0.15) is 12.4 Å². The standard InChI is InChI=1S/C25H27N3O4/c1-15-11-21(25(30)28-31)23(12-15)27-24(29)17-7-9-19(10-8-17)32-14-18-13-16(2)26-22-6-4-3-5-20(18)22/h3-10,13,15,21,23,31H,11-12,14H2,1-2H3,(H,27,29)(H,28,30). The van der Waals surface area contributed by atoms with Crippen LogP contribution in [-0.2, 0) is 11.4 Å². The monoisotopic (exact) mass is 433 g/mol. The number of hydrogen-bond donors (Lipinski definition) is 3. The summed E-state index contributed by atoms with van der Waals surface area (Å²) in [7, 11) is 0. The predicted molar refractivity (Wildman–Crippen MR) is 120 cm³/mol. The molecule has 7 nitrogen and oxygen atoms in total. The van der Waals surface area contributed by atoms with E-state index in [2.05, 4.69) is 10.3 Å². The van der Waals surface area contributed by atoms with Gasteiger partial charge in [0, 0.05) is 28.2 Å². The van der Waals surface area contributed by atoms with Crippen molar-refractivity contribution in [2.45, 2.75) is 39.3 Å². The first-order valence-electron chi connectivity index (χ1n) is 10.8. The summed E-state index contributed by atoms with van der Waals surface area (Å²) in [6.07, 6.45) is 1.33. The molecule has 2 aromatic carbocycles. The van der Waals surface area contributed by atoms with E-state index in [1.165, 1.54) is 0 Å². The number of carbonyl (C=O) groups is 2. The molecule has 1 aliphatic carbocycles. The minimum atomic E-state index is -0.456. The maximum atomic E-state index is 12.7. The SMILES string of the molecule is Cc1cc(COc2ccc(C(=O)NC3CC(C)CC3C(=O)NO)cc2)c2ccccc2n1. The van der Waals surface area contributed by atoms with Crippen molar-refractivity contribution >= 4 is 22.7 Å². The Morgan fingerprint density at radius 3 is 2.62 bits per heavy atom. The summed E-state index contributed by atoms with van der Waals surface area (Å²) in [5, 5.41) is 13.0. The lowest BCUT2D eigenvalue weighted by Gasteiger charge is -2.19. The molecule has 3 unspecified atom stereocenters. The molecule has 0 radical (unpaired) electrons. The Hall–Kier alpha value is -3.45. The van der Waals surface area contributed by atoms with Gasteiger partial charge in [-0.05, 0) is 62.1 Å². The molecule has 3 atom stereocenters. The van der Waals surface area contributed by atoms with Crippen molar-refractivity contribution < 1.29 is 19.5 Å². The van der Waals surface area contributed by atoms with Crippen molar-refractivity contribution in [2.24, 2.45) is 11.8 Å². The van der Waals surface area contributed by atoms with Gasteiger partial charge < -0.3 is 10.1 Å². The first kappa shape index (κ1) is 21.8. The maximum Gasteiger partial charge on any atom is 0.251 e. The van der Waals surface area contributed by atoms with Crippen molar-refractivity contribution in [2.75, 3.05) is 0 Å². The van der Waals surface area contributed by atoms with Gasteiger partial charge in [0.05, 0.1) is 11.4 Å². The lowest BCUT2D eigenvalue weighted by atomic mass is 10.0. The average Bonchev–Trinajstić information content (AvgIpc) is 3.17. The number of ether oxygens (including phenoxy) is 1. The third kappa shape index (κ3) is 4.73. The number of benzene rings is 2. The Morgan fingerprint density at radius 1 is 1.12 bits per heavy atom. The van der Waals surface area contributed by atoms with E-state index in [4.69, 9.17) is 9.94 Å². The highest BCUT2D eigenvalue weighted by Crippen LogP contribution is 2.31. The number of fused-ring (bicyclic) bond motifs is 1. The van der Waals surface area contributed by atoms with Crippen molar-refractivity contribution in [3.63, 3.8) is 0 Å². The molecule has 0 aliphatic heterocycles. The lowest BCUT2D eigenvalue weighted by molar-refractivity contribution is -0.133. The van der Waals surface area contributed by atoms with E-state index in [1.807, 2.05) is 44.2 Å². The second-order valence-electron chi connectivity index (χ2n) is 8.49. The summed E-state index contributed by atoms with van der Waals surface area (Å²) in [6, 6.07) is 16.6. The van der Waals surface area contributed by atoms with Crippen LogP contribution in [0.4, 0.5) is 0 Å². The van der Waals surface area contributed by atoms with Crippen LogP contribution >= 0.6 is 0 Å². The van der Waals surface area contributed by atoms with Crippen LogP contribution in [0, 0.1) is 18.8 Å². The molecule has 7 heteroatoms. The van der Waals surface area contributed by atoms with E-state index in [1.54, 1.807) is 29.7 Å². The van der Waals surface area contributed by atoms with Crippen molar-refractivity contribution in [1.29, 1.82) is 0 Å². The average molecular weight is 434 g/mol. The summed E-state index contributed by atoms with van der Waals surface area (Å²) < 4.78 is 5.96. The maximum absolute atomic E-state index is 12.7. The molecule has 0 bridgehead atoms. The third-order valence-electron chi connectivity index (χ3n) is 6.00. The second-order valence-corrected chi connectivity index (χ2v) is 8.49. The fraction of sp³-hybridized carbons (Fsp3) is 0.320. The first-order valence-corrected chi connectivity index (χ1v) is 10.8. The molecule has 3 aromatic rings. The highest BCUT2D eigenvalue weighted by Gasteiger charge is 2.37. The van der Waals surface area contributed by atoms with E-state index in [0.717, 1.165) is 22.2 Å². The first-order chi connectivity index (χ1) is 15.4. The Bertz CT molecular complexity index is 1130.